The van der Waals surface area contributed by atoms with Crippen molar-refractivity contribution in [2.24, 2.45) is 28.6 Å². The van der Waals surface area contributed by atoms with E-state index in [-0.39, 0.29) is 29.2 Å². The van der Waals surface area contributed by atoms with Crippen LogP contribution >= 0.6 is 0 Å². The molecule has 3 heteroatoms. The van der Waals surface area contributed by atoms with Crippen LogP contribution in [0.5, 0.6) is 0 Å². The summed E-state index contributed by atoms with van der Waals surface area (Å²) >= 11 is 0. The van der Waals surface area contributed by atoms with E-state index in [9.17, 15) is 9.59 Å². The van der Waals surface area contributed by atoms with Gasteiger partial charge in [0, 0.05) is 5.57 Å². The number of carbonyl (C=O) groups is 2. The minimum atomic E-state index is -0.294. The molecule has 122 valence electrons. The summed E-state index contributed by atoms with van der Waals surface area (Å²) in [5.74, 6) is 1.64. The number of allylic oxidation sites excluding steroid dienone is 2. The third kappa shape index (κ3) is 1.52. The highest BCUT2D eigenvalue weighted by Crippen LogP contribution is 2.73. The molecule has 3 nitrogen and oxygen atoms in total. The summed E-state index contributed by atoms with van der Waals surface area (Å²) in [6.45, 7) is 6.59. The molecule has 0 aromatic carbocycles. The van der Waals surface area contributed by atoms with E-state index in [4.69, 9.17) is 4.74 Å². The SMILES string of the molecule is CC1=C2C(=O)C3=CC[C@@H]4[C@@]5(C)C[C@H]5CC[C@@]4(C)[C@@H]3C[C@H]2OC1=O. The summed E-state index contributed by atoms with van der Waals surface area (Å²) in [6, 6.07) is 0. The Kier molecular flexibility index (Phi) is 2.43. The molecule has 1 aliphatic heterocycles. The minimum Gasteiger partial charge on any atom is -0.454 e. The van der Waals surface area contributed by atoms with Crippen LogP contribution in [-0.4, -0.2) is 17.9 Å². The highest BCUT2D eigenvalue weighted by molar-refractivity contribution is 6.16. The molecule has 0 aromatic heterocycles. The van der Waals surface area contributed by atoms with Crippen molar-refractivity contribution in [2.45, 2.75) is 59.0 Å². The zero-order chi connectivity index (χ0) is 16.1. The Bertz CT molecular complexity index is 714. The van der Waals surface area contributed by atoms with Gasteiger partial charge in [-0.05, 0) is 73.2 Å². The molecule has 5 rings (SSSR count). The van der Waals surface area contributed by atoms with Crippen LogP contribution in [0.4, 0.5) is 0 Å². The first-order valence-electron chi connectivity index (χ1n) is 9.03. The largest absolute Gasteiger partial charge is 0.454 e. The van der Waals surface area contributed by atoms with Gasteiger partial charge in [-0.2, -0.15) is 0 Å². The van der Waals surface area contributed by atoms with Crippen LogP contribution in [0.3, 0.4) is 0 Å². The second kappa shape index (κ2) is 3.99. The summed E-state index contributed by atoms with van der Waals surface area (Å²) < 4.78 is 5.52. The van der Waals surface area contributed by atoms with E-state index in [0.717, 1.165) is 24.3 Å². The van der Waals surface area contributed by atoms with Crippen molar-refractivity contribution in [2.75, 3.05) is 0 Å². The molecule has 1 heterocycles. The maximum atomic E-state index is 13.0. The summed E-state index contributed by atoms with van der Waals surface area (Å²) in [5, 5.41) is 0. The van der Waals surface area contributed by atoms with Crippen molar-refractivity contribution in [3.05, 3.63) is 22.8 Å². The third-order valence-corrected chi connectivity index (χ3v) is 8.07. The molecule has 0 radical (unpaired) electrons. The Labute approximate surface area is 137 Å². The maximum absolute atomic E-state index is 13.0. The van der Waals surface area contributed by atoms with Crippen molar-refractivity contribution >= 4 is 11.8 Å². The van der Waals surface area contributed by atoms with E-state index < -0.39 is 0 Å². The highest BCUT2D eigenvalue weighted by atomic mass is 16.5. The molecule has 0 amide bonds. The monoisotopic (exact) mass is 312 g/mol. The van der Waals surface area contributed by atoms with Crippen LogP contribution in [0.2, 0.25) is 0 Å². The molecule has 0 aromatic rings. The van der Waals surface area contributed by atoms with Crippen molar-refractivity contribution in [3.8, 4) is 0 Å². The maximum Gasteiger partial charge on any atom is 0.334 e. The van der Waals surface area contributed by atoms with Gasteiger partial charge in [-0.15, -0.1) is 0 Å². The molecule has 0 spiro atoms. The van der Waals surface area contributed by atoms with Crippen LogP contribution in [-0.2, 0) is 14.3 Å². The van der Waals surface area contributed by atoms with E-state index in [1.165, 1.54) is 19.3 Å². The van der Waals surface area contributed by atoms with Crippen LogP contribution in [0.1, 0.15) is 52.9 Å². The molecular formula is C20H24O3. The van der Waals surface area contributed by atoms with Gasteiger partial charge in [-0.3, -0.25) is 4.79 Å². The van der Waals surface area contributed by atoms with Crippen molar-refractivity contribution < 1.29 is 14.3 Å². The lowest BCUT2D eigenvalue weighted by Crippen LogP contribution is -2.50. The van der Waals surface area contributed by atoms with Crippen LogP contribution in [0, 0.1) is 28.6 Å². The smallest absolute Gasteiger partial charge is 0.334 e. The van der Waals surface area contributed by atoms with Crippen LogP contribution < -0.4 is 0 Å². The van der Waals surface area contributed by atoms with Crippen LogP contribution in [0.25, 0.3) is 0 Å². The van der Waals surface area contributed by atoms with Gasteiger partial charge >= 0.3 is 5.97 Å². The Balaban J connectivity index is 1.60. The third-order valence-electron chi connectivity index (χ3n) is 8.07. The van der Waals surface area contributed by atoms with E-state index in [1.54, 1.807) is 6.92 Å². The molecule has 0 bridgehead atoms. The molecule has 0 N–H and O–H groups in total. The fourth-order valence-electron chi connectivity index (χ4n) is 6.57. The number of esters is 1. The van der Waals surface area contributed by atoms with Gasteiger partial charge in [0.25, 0.3) is 0 Å². The quantitative estimate of drug-likeness (QED) is 0.642. The van der Waals surface area contributed by atoms with Crippen molar-refractivity contribution in [3.63, 3.8) is 0 Å². The second-order valence-corrected chi connectivity index (χ2v) is 8.95. The molecule has 0 unspecified atom stereocenters. The van der Waals surface area contributed by atoms with Gasteiger partial charge in [-0.25, -0.2) is 4.79 Å². The summed E-state index contributed by atoms with van der Waals surface area (Å²) in [6.07, 6.45) is 7.64. The number of ether oxygens (including phenoxy) is 1. The van der Waals surface area contributed by atoms with Gasteiger partial charge < -0.3 is 4.74 Å². The topological polar surface area (TPSA) is 43.4 Å². The summed E-state index contributed by atoms with van der Waals surface area (Å²) in [7, 11) is 0. The van der Waals surface area contributed by atoms with E-state index in [2.05, 4.69) is 19.9 Å². The van der Waals surface area contributed by atoms with Gasteiger partial charge in [-0.1, -0.05) is 19.9 Å². The fraction of sp³-hybridized carbons (Fsp3) is 0.700. The molecule has 3 saturated carbocycles. The number of hydrogen-bond donors (Lipinski definition) is 0. The van der Waals surface area contributed by atoms with Crippen molar-refractivity contribution in [1.29, 1.82) is 0 Å². The molecule has 3 fully saturated rings. The zero-order valence-electron chi connectivity index (χ0n) is 14.1. The van der Waals surface area contributed by atoms with E-state index in [0.29, 0.717) is 22.5 Å². The normalized spacial score (nSPS) is 50.5. The average Bonchev–Trinajstić information content (AvgIpc) is 3.10. The standard InChI is InChI=1S/C20H24O3/c1-10-16-14(23-18(10)22)8-13-12(17(16)21)4-5-15-19(13,2)7-6-11-9-20(11,15)3/h4,11,13-15H,5-9H2,1-3H3/t11-,13-,14-,15+,19+,20+/m1/s1. The Hall–Kier alpha value is -1.38. The Morgan fingerprint density at radius 3 is 2.78 bits per heavy atom. The van der Waals surface area contributed by atoms with Crippen molar-refractivity contribution in [1.82, 2.24) is 0 Å². The predicted octanol–water partition coefficient (Wildman–Crippen LogP) is 3.59. The van der Waals surface area contributed by atoms with Gasteiger partial charge in [0.2, 0.25) is 0 Å². The van der Waals surface area contributed by atoms with Gasteiger partial charge in [0.15, 0.2) is 5.78 Å². The molecule has 4 aliphatic carbocycles. The number of carbonyl (C=O) groups excluding carboxylic acids is 2. The highest BCUT2D eigenvalue weighted by Gasteiger charge is 2.66. The van der Waals surface area contributed by atoms with Gasteiger partial charge in [0.1, 0.15) is 6.10 Å². The Morgan fingerprint density at radius 1 is 1.22 bits per heavy atom. The summed E-state index contributed by atoms with van der Waals surface area (Å²) in [4.78, 5) is 24.9. The number of ketones is 1. The Morgan fingerprint density at radius 2 is 2.00 bits per heavy atom. The van der Waals surface area contributed by atoms with E-state index in [1.807, 2.05) is 0 Å². The minimum absolute atomic E-state index is 0.0948. The lowest BCUT2D eigenvalue weighted by molar-refractivity contribution is -0.141. The molecule has 23 heavy (non-hydrogen) atoms. The zero-order valence-corrected chi connectivity index (χ0v) is 14.1. The average molecular weight is 312 g/mol. The molecule has 5 aliphatic rings. The van der Waals surface area contributed by atoms with E-state index >= 15 is 0 Å². The first-order valence-corrected chi connectivity index (χ1v) is 9.03. The fourth-order valence-corrected chi connectivity index (χ4v) is 6.57. The first-order chi connectivity index (χ1) is 10.9. The number of hydrogen-bond acceptors (Lipinski definition) is 3. The van der Waals surface area contributed by atoms with Gasteiger partial charge in [0.05, 0.1) is 5.57 Å². The first kappa shape index (κ1) is 14.0. The number of Topliss-reactive ketones (excluding diaryl/α,β-unsaturated/α-hetero) is 1. The second-order valence-electron chi connectivity index (χ2n) is 8.95. The lowest BCUT2D eigenvalue weighted by atomic mass is 9.49. The number of fused-ring (bicyclic) bond motifs is 6. The molecule has 6 atom stereocenters. The number of rotatable bonds is 0. The van der Waals surface area contributed by atoms with Crippen LogP contribution in [0.15, 0.2) is 22.8 Å². The predicted molar refractivity (Wildman–Crippen MR) is 85.4 cm³/mol. The lowest BCUT2D eigenvalue weighted by Gasteiger charge is -2.54. The molecule has 0 saturated heterocycles. The molecular weight excluding hydrogens is 288 g/mol. The summed E-state index contributed by atoms with van der Waals surface area (Å²) in [5.41, 5.74) is 2.83.